The molecular weight excluding hydrogens is 346 g/mol. The van der Waals surface area contributed by atoms with Crippen LogP contribution < -0.4 is 0 Å². The van der Waals surface area contributed by atoms with Crippen LogP contribution in [0.25, 0.3) is 10.8 Å². The van der Waals surface area contributed by atoms with E-state index < -0.39 is 0 Å². The van der Waals surface area contributed by atoms with Crippen molar-refractivity contribution in [3.05, 3.63) is 96.1 Å². The van der Waals surface area contributed by atoms with Crippen LogP contribution in [-0.4, -0.2) is 11.3 Å². The molecule has 0 aliphatic carbocycles. The van der Waals surface area contributed by atoms with Crippen molar-refractivity contribution in [3.63, 3.8) is 0 Å². The Morgan fingerprint density at radius 2 is 1.50 bits per heavy atom. The molecule has 0 unspecified atom stereocenters. The maximum atomic E-state index is 10.1. The molecule has 0 atom stereocenters. The molecule has 0 fully saturated rings. The van der Waals surface area contributed by atoms with Crippen LogP contribution in [0.5, 0.6) is 5.75 Å². The third-order valence-corrected chi connectivity index (χ3v) is 4.44. The van der Waals surface area contributed by atoms with Gasteiger partial charge in [0, 0.05) is 17.2 Å². The maximum Gasteiger partial charge on any atom is 0.124 e. The van der Waals surface area contributed by atoms with E-state index in [0.717, 1.165) is 22.1 Å². The van der Waals surface area contributed by atoms with Crippen LogP contribution in [0.2, 0.25) is 0 Å². The molecule has 0 bridgehead atoms. The fraction of sp³-hybridized carbons (Fsp3) is 0.0417. The van der Waals surface area contributed by atoms with Crippen molar-refractivity contribution in [3.8, 4) is 5.75 Å². The Morgan fingerprint density at radius 3 is 2.36 bits per heavy atom. The summed E-state index contributed by atoms with van der Waals surface area (Å²) in [5, 5.41) is 21.0. The maximum absolute atomic E-state index is 10.1. The lowest BCUT2D eigenvalue weighted by atomic mass is 10.1. The summed E-state index contributed by atoms with van der Waals surface area (Å²) < 4.78 is 0. The van der Waals surface area contributed by atoms with E-state index in [1.165, 1.54) is 5.56 Å². The molecule has 4 aromatic carbocycles. The minimum atomic E-state index is 0.153. The summed E-state index contributed by atoms with van der Waals surface area (Å²) in [7, 11) is 0. The predicted molar refractivity (Wildman–Crippen MR) is 115 cm³/mol. The van der Waals surface area contributed by atoms with Crippen molar-refractivity contribution in [2.75, 3.05) is 0 Å². The SMILES string of the molecule is Cc1ccc(N=Cc2cc(N=Nc3cccc4ccccc34)ccc2O)cc1. The molecule has 136 valence electrons. The van der Waals surface area contributed by atoms with E-state index in [2.05, 4.69) is 27.4 Å². The average molecular weight is 365 g/mol. The number of aliphatic imine (C=N–C) groups is 1. The predicted octanol–water partition coefficient (Wildman–Crippen LogP) is 7.02. The molecule has 1 N–H and O–H groups in total. The molecule has 0 spiro atoms. The van der Waals surface area contributed by atoms with Crippen molar-refractivity contribution in [1.82, 2.24) is 0 Å². The van der Waals surface area contributed by atoms with Gasteiger partial charge < -0.3 is 5.11 Å². The highest BCUT2D eigenvalue weighted by molar-refractivity contribution is 5.92. The van der Waals surface area contributed by atoms with Crippen molar-refractivity contribution in [2.24, 2.45) is 15.2 Å². The minimum absolute atomic E-state index is 0.153. The van der Waals surface area contributed by atoms with Crippen molar-refractivity contribution in [2.45, 2.75) is 6.92 Å². The van der Waals surface area contributed by atoms with E-state index in [-0.39, 0.29) is 5.75 Å². The van der Waals surface area contributed by atoms with Crippen LogP contribution >= 0.6 is 0 Å². The highest BCUT2D eigenvalue weighted by Crippen LogP contribution is 2.29. The van der Waals surface area contributed by atoms with Crippen LogP contribution in [0.3, 0.4) is 0 Å². The van der Waals surface area contributed by atoms with Gasteiger partial charge in [-0.2, -0.15) is 5.11 Å². The summed E-state index contributed by atoms with van der Waals surface area (Å²) in [5.41, 5.74) is 4.05. The van der Waals surface area contributed by atoms with Gasteiger partial charge in [-0.3, -0.25) is 4.99 Å². The Labute approximate surface area is 163 Å². The zero-order chi connectivity index (χ0) is 19.3. The molecule has 0 aliphatic heterocycles. The van der Waals surface area contributed by atoms with Gasteiger partial charge in [0.2, 0.25) is 0 Å². The lowest BCUT2D eigenvalue weighted by Crippen LogP contribution is -1.82. The van der Waals surface area contributed by atoms with E-state index in [1.54, 1.807) is 24.4 Å². The number of nitrogens with zero attached hydrogens (tertiary/aromatic N) is 3. The lowest BCUT2D eigenvalue weighted by Gasteiger charge is -2.02. The molecule has 4 nitrogen and oxygen atoms in total. The van der Waals surface area contributed by atoms with Crippen molar-refractivity contribution >= 4 is 34.0 Å². The Hall–Kier alpha value is -3.79. The van der Waals surface area contributed by atoms with E-state index in [9.17, 15) is 5.11 Å². The van der Waals surface area contributed by atoms with Crippen LogP contribution in [0.4, 0.5) is 17.1 Å². The molecule has 0 amide bonds. The van der Waals surface area contributed by atoms with E-state index >= 15 is 0 Å². The first-order chi connectivity index (χ1) is 13.7. The van der Waals surface area contributed by atoms with Gasteiger partial charge in [0.15, 0.2) is 0 Å². The molecule has 4 aromatic rings. The summed E-state index contributed by atoms with van der Waals surface area (Å²) in [6.07, 6.45) is 1.64. The van der Waals surface area contributed by atoms with E-state index in [1.807, 2.05) is 61.5 Å². The molecule has 4 heteroatoms. The quantitative estimate of drug-likeness (QED) is 0.306. The summed E-state index contributed by atoms with van der Waals surface area (Å²) in [6.45, 7) is 2.03. The summed E-state index contributed by atoms with van der Waals surface area (Å²) in [4.78, 5) is 4.42. The Bertz CT molecular complexity index is 1170. The number of aromatic hydroxyl groups is 1. The topological polar surface area (TPSA) is 57.3 Å². The lowest BCUT2D eigenvalue weighted by molar-refractivity contribution is 0.474. The standard InChI is InChI=1S/C24H19N3O/c1-17-9-11-20(12-10-17)25-16-19-15-21(13-14-24(19)28)26-27-23-8-4-6-18-5-2-3-7-22(18)23/h2-16,28H,1H3. The third kappa shape index (κ3) is 3.96. The second-order valence-electron chi connectivity index (χ2n) is 6.54. The van der Waals surface area contributed by atoms with Gasteiger partial charge in [0.25, 0.3) is 0 Å². The van der Waals surface area contributed by atoms with Crippen LogP contribution in [0.1, 0.15) is 11.1 Å². The largest absolute Gasteiger partial charge is 0.507 e. The van der Waals surface area contributed by atoms with Gasteiger partial charge in [-0.25, -0.2) is 0 Å². The molecule has 0 saturated heterocycles. The van der Waals surface area contributed by atoms with Gasteiger partial charge in [-0.1, -0.05) is 54.1 Å². The van der Waals surface area contributed by atoms with Crippen molar-refractivity contribution < 1.29 is 5.11 Å². The number of rotatable bonds is 4. The minimum Gasteiger partial charge on any atom is -0.507 e. The average Bonchev–Trinajstić information content (AvgIpc) is 2.73. The third-order valence-electron chi connectivity index (χ3n) is 4.44. The van der Waals surface area contributed by atoms with Crippen molar-refractivity contribution in [1.29, 1.82) is 0 Å². The number of hydrogen-bond acceptors (Lipinski definition) is 4. The zero-order valence-electron chi connectivity index (χ0n) is 15.4. The molecule has 0 radical (unpaired) electrons. The summed E-state index contributed by atoms with van der Waals surface area (Å²) >= 11 is 0. The van der Waals surface area contributed by atoms with E-state index in [0.29, 0.717) is 11.3 Å². The molecule has 4 rings (SSSR count). The molecule has 28 heavy (non-hydrogen) atoms. The van der Waals surface area contributed by atoms with Crippen LogP contribution in [0, 0.1) is 6.92 Å². The van der Waals surface area contributed by atoms with Crippen LogP contribution in [-0.2, 0) is 0 Å². The second kappa shape index (κ2) is 7.84. The van der Waals surface area contributed by atoms with Crippen LogP contribution in [0.15, 0.2) is 100 Å². The zero-order valence-corrected chi connectivity index (χ0v) is 15.4. The Morgan fingerprint density at radius 1 is 0.750 bits per heavy atom. The number of hydrogen-bond donors (Lipinski definition) is 1. The summed E-state index contributed by atoms with van der Waals surface area (Å²) in [6, 6.07) is 27.0. The van der Waals surface area contributed by atoms with Gasteiger partial charge in [0.05, 0.1) is 17.1 Å². The highest BCUT2D eigenvalue weighted by atomic mass is 16.3. The first-order valence-electron chi connectivity index (χ1n) is 9.02. The number of benzene rings is 4. The smallest absolute Gasteiger partial charge is 0.124 e. The van der Waals surface area contributed by atoms with Gasteiger partial charge in [-0.15, -0.1) is 5.11 Å². The van der Waals surface area contributed by atoms with E-state index in [4.69, 9.17) is 0 Å². The summed E-state index contributed by atoms with van der Waals surface area (Å²) in [5.74, 6) is 0.153. The second-order valence-corrected chi connectivity index (χ2v) is 6.54. The fourth-order valence-electron chi connectivity index (χ4n) is 2.89. The number of fused-ring (bicyclic) bond motifs is 1. The first kappa shape index (κ1) is 17.6. The van der Waals surface area contributed by atoms with Gasteiger partial charge in [0.1, 0.15) is 5.75 Å². The van der Waals surface area contributed by atoms with Gasteiger partial charge in [-0.05, 0) is 48.7 Å². The van der Waals surface area contributed by atoms with Gasteiger partial charge >= 0.3 is 0 Å². The monoisotopic (exact) mass is 365 g/mol. The highest BCUT2D eigenvalue weighted by Gasteiger charge is 2.02. The molecular formula is C24H19N3O. The number of aryl methyl sites for hydroxylation is 1. The Balaban J connectivity index is 1.61. The fourth-order valence-corrected chi connectivity index (χ4v) is 2.89. The molecule has 0 aliphatic rings. The first-order valence-corrected chi connectivity index (χ1v) is 9.02. The normalized spacial score (nSPS) is 11.6. The molecule has 0 saturated carbocycles. The number of phenols is 1. The molecule has 0 aromatic heterocycles. The number of phenolic OH excluding ortho intramolecular Hbond substituents is 1. The Kier molecular flexibility index (Phi) is 4.93. The number of azo groups is 1. The molecule has 0 heterocycles.